The van der Waals surface area contributed by atoms with Crippen LogP contribution in [-0.2, 0) is 9.59 Å². The number of carbonyl (C=O) groups is 2. The van der Waals surface area contributed by atoms with Gasteiger partial charge in [0.25, 0.3) is 0 Å². The van der Waals surface area contributed by atoms with E-state index in [0.717, 1.165) is 18.6 Å². The Balaban J connectivity index is 1.72. The van der Waals surface area contributed by atoms with Gasteiger partial charge in [-0.3, -0.25) is 9.59 Å². The molecule has 2 amide bonds. The maximum Gasteiger partial charge on any atom is 0.242 e. The maximum absolute atomic E-state index is 12.1. The van der Waals surface area contributed by atoms with Gasteiger partial charge in [-0.05, 0) is 36.5 Å². The van der Waals surface area contributed by atoms with Gasteiger partial charge in [0.05, 0.1) is 6.54 Å². The Morgan fingerprint density at radius 2 is 2.00 bits per heavy atom. The number of carbonyl (C=O) groups excluding carboxylic acids is 2. The van der Waals surface area contributed by atoms with E-state index in [-0.39, 0.29) is 17.9 Å². The number of rotatable bonds is 6. The molecule has 0 aliphatic carbocycles. The Morgan fingerprint density at radius 3 is 2.61 bits per heavy atom. The molecular weight excluding hydrogens is 292 g/mol. The molecule has 1 fully saturated rings. The second-order valence-corrected chi connectivity index (χ2v) is 6.23. The molecule has 126 valence electrons. The molecule has 1 saturated heterocycles. The first kappa shape index (κ1) is 17.3. The van der Waals surface area contributed by atoms with Gasteiger partial charge in [0, 0.05) is 13.5 Å². The van der Waals surface area contributed by atoms with Crippen molar-refractivity contribution in [2.75, 3.05) is 19.7 Å². The molecule has 5 heteroatoms. The SMILES string of the molecule is CC(=O)N1CCC[C@@H]1C(=O)NCCOc1ccc(C(C)C)cc1. The van der Waals surface area contributed by atoms with Crippen molar-refractivity contribution in [3.63, 3.8) is 0 Å². The van der Waals surface area contributed by atoms with Gasteiger partial charge in [-0.2, -0.15) is 0 Å². The third kappa shape index (κ3) is 4.71. The third-order valence-electron chi connectivity index (χ3n) is 4.18. The Labute approximate surface area is 138 Å². The minimum absolute atomic E-state index is 0.0378. The molecule has 0 bridgehead atoms. The van der Waals surface area contributed by atoms with Crippen molar-refractivity contribution in [1.82, 2.24) is 10.2 Å². The summed E-state index contributed by atoms with van der Waals surface area (Å²) >= 11 is 0. The zero-order valence-corrected chi connectivity index (χ0v) is 14.2. The Morgan fingerprint density at radius 1 is 1.30 bits per heavy atom. The van der Waals surface area contributed by atoms with Crippen molar-refractivity contribution in [1.29, 1.82) is 0 Å². The minimum atomic E-state index is -0.321. The summed E-state index contributed by atoms with van der Waals surface area (Å²) in [5.41, 5.74) is 1.27. The van der Waals surface area contributed by atoms with Crippen LogP contribution in [0.2, 0.25) is 0 Å². The first-order chi connectivity index (χ1) is 11.0. The van der Waals surface area contributed by atoms with Gasteiger partial charge in [0.1, 0.15) is 18.4 Å². The smallest absolute Gasteiger partial charge is 0.242 e. The Kier molecular flexibility index (Phi) is 6.02. The molecule has 0 radical (unpaired) electrons. The standard InChI is InChI=1S/C18H26N2O3/c1-13(2)15-6-8-16(9-7-15)23-12-10-19-18(22)17-5-4-11-20(17)14(3)21/h6-9,13,17H,4-5,10-12H2,1-3H3,(H,19,22)/t17-/m1/s1. The van der Waals surface area contributed by atoms with E-state index in [2.05, 4.69) is 31.3 Å². The minimum Gasteiger partial charge on any atom is -0.492 e. The molecule has 1 heterocycles. The van der Waals surface area contributed by atoms with Crippen LogP contribution in [-0.4, -0.2) is 42.5 Å². The molecule has 0 saturated carbocycles. The van der Waals surface area contributed by atoms with Crippen molar-refractivity contribution >= 4 is 11.8 Å². The van der Waals surface area contributed by atoms with Gasteiger partial charge in [0.15, 0.2) is 0 Å². The summed E-state index contributed by atoms with van der Waals surface area (Å²) in [6.07, 6.45) is 1.62. The van der Waals surface area contributed by atoms with E-state index >= 15 is 0 Å². The number of nitrogens with one attached hydrogen (secondary N) is 1. The van der Waals surface area contributed by atoms with Gasteiger partial charge in [0.2, 0.25) is 11.8 Å². The first-order valence-electron chi connectivity index (χ1n) is 8.26. The first-order valence-corrected chi connectivity index (χ1v) is 8.26. The van der Waals surface area contributed by atoms with Crippen LogP contribution in [0.5, 0.6) is 5.75 Å². The van der Waals surface area contributed by atoms with Crippen LogP contribution in [0.15, 0.2) is 24.3 Å². The summed E-state index contributed by atoms with van der Waals surface area (Å²) in [7, 11) is 0. The van der Waals surface area contributed by atoms with Crippen molar-refractivity contribution in [2.45, 2.75) is 45.6 Å². The summed E-state index contributed by atoms with van der Waals surface area (Å²) in [6.45, 7) is 7.34. The van der Waals surface area contributed by atoms with Crippen LogP contribution in [0.1, 0.15) is 45.1 Å². The maximum atomic E-state index is 12.1. The highest BCUT2D eigenvalue weighted by molar-refractivity contribution is 5.87. The predicted molar refractivity (Wildman–Crippen MR) is 89.4 cm³/mol. The van der Waals surface area contributed by atoms with Crippen molar-refractivity contribution < 1.29 is 14.3 Å². The lowest BCUT2D eigenvalue weighted by molar-refractivity contribution is -0.136. The monoisotopic (exact) mass is 318 g/mol. The quantitative estimate of drug-likeness (QED) is 0.819. The van der Waals surface area contributed by atoms with Crippen molar-refractivity contribution in [2.24, 2.45) is 0 Å². The second-order valence-electron chi connectivity index (χ2n) is 6.23. The Hall–Kier alpha value is -2.04. The zero-order valence-electron chi connectivity index (χ0n) is 14.2. The van der Waals surface area contributed by atoms with Crippen molar-refractivity contribution in [3.8, 4) is 5.75 Å². The number of ether oxygens (including phenoxy) is 1. The van der Waals surface area contributed by atoms with Crippen LogP contribution in [0, 0.1) is 0 Å². The van der Waals surface area contributed by atoms with E-state index in [1.165, 1.54) is 12.5 Å². The largest absolute Gasteiger partial charge is 0.492 e. The molecular formula is C18H26N2O3. The molecule has 1 atom stereocenters. The van der Waals surface area contributed by atoms with Gasteiger partial charge < -0.3 is 15.0 Å². The summed E-state index contributed by atoms with van der Waals surface area (Å²) in [4.78, 5) is 25.2. The molecule has 1 aliphatic rings. The summed E-state index contributed by atoms with van der Waals surface area (Å²) in [6, 6.07) is 7.69. The molecule has 2 rings (SSSR count). The molecule has 1 aromatic rings. The number of amides is 2. The summed E-state index contributed by atoms with van der Waals surface area (Å²) in [5.74, 6) is 1.18. The molecule has 1 N–H and O–H groups in total. The third-order valence-corrected chi connectivity index (χ3v) is 4.18. The van der Waals surface area contributed by atoms with E-state index in [1.54, 1.807) is 4.90 Å². The van der Waals surface area contributed by atoms with Crippen LogP contribution in [0.4, 0.5) is 0 Å². The molecule has 1 aromatic carbocycles. The lowest BCUT2D eigenvalue weighted by Gasteiger charge is -2.22. The highest BCUT2D eigenvalue weighted by Crippen LogP contribution is 2.19. The molecule has 0 spiro atoms. The van der Waals surface area contributed by atoms with E-state index < -0.39 is 0 Å². The molecule has 23 heavy (non-hydrogen) atoms. The van der Waals surface area contributed by atoms with E-state index in [9.17, 15) is 9.59 Å². The molecule has 5 nitrogen and oxygen atoms in total. The Bertz CT molecular complexity index is 540. The van der Waals surface area contributed by atoms with Gasteiger partial charge in [-0.15, -0.1) is 0 Å². The number of hydrogen-bond acceptors (Lipinski definition) is 3. The second kappa shape index (κ2) is 7.99. The molecule has 0 aromatic heterocycles. The topological polar surface area (TPSA) is 58.6 Å². The lowest BCUT2D eigenvalue weighted by Crippen LogP contribution is -2.46. The summed E-state index contributed by atoms with van der Waals surface area (Å²) < 4.78 is 5.63. The normalized spacial score (nSPS) is 17.4. The van der Waals surface area contributed by atoms with Gasteiger partial charge >= 0.3 is 0 Å². The number of nitrogens with zero attached hydrogens (tertiary/aromatic N) is 1. The fraction of sp³-hybridized carbons (Fsp3) is 0.556. The van der Waals surface area contributed by atoms with Crippen molar-refractivity contribution in [3.05, 3.63) is 29.8 Å². The van der Waals surface area contributed by atoms with Gasteiger partial charge in [-0.1, -0.05) is 26.0 Å². The van der Waals surface area contributed by atoms with Gasteiger partial charge in [-0.25, -0.2) is 0 Å². The predicted octanol–water partition coefficient (Wildman–Crippen LogP) is 2.32. The van der Waals surface area contributed by atoms with E-state index in [4.69, 9.17) is 4.74 Å². The summed E-state index contributed by atoms with van der Waals surface area (Å²) in [5, 5.41) is 2.85. The van der Waals surface area contributed by atoms with E-state index in [0.29, 0.717) is 25.6 Å². The molecule has 0 unspecified atom stereocenters. The van der Waals surface area contributed by atoms with Crippen LogP contribution >= 0.6 is 0 Å². The fourth-order valence-corrected chi connectivity index (χ4v) is 2.83. The van der Waals surface area contributed by atoms with Crippen LogP contribution in [0.3, 0.4) is 0 Å². The zero-order chi connectivity index (χ0) is 16.8. The van der Waals surface area contributed by atoms with Crippen LogP contribution < -0.4 is 10.1 Å². The number of likely N-dealkylation sites (tertiary alicyclic amines) is 1. The van der Waals surface area contributed by atoms with Crippen LogP contribution in [0.25, 0.3) is 0 Å². The lowest BCUT2D eigenvalue weighted by atomic mass is 10.0. The highest BCUT2D eigenvalue weighted by atomic mass is 16.5. The average Bonchev–Trinajstić information content (AvgIpc) is 3.01. The van der Waals surface area contributed by atoms with E-state index in [1.807, 2.05) is 12.1 Å². The average molecular weight is 318 g/mol. The molecule has 1 aliphatic heterocycles. The number of benzene rings is 1. The highest BCUT2D eigenvalue weighted by Gasteiger charge is 2.31. The fourth-order valence-electron chi connectivity index (χ4n) is 2.83. The number of hydrogen-bond donors (Lipinski definition) is 1.